The van der Waals surface area contributed by atoms with E-state index >= 15 is 0 Å². The summed E-state index contributed by atoms with van der Waals surface area (Å²) < 4.78 is 0. The van der Waals surface area contributed by atoms with Crippen LogP contribution in [-0.2, 0) is 4.79 Å². The van der Waals surface area contributed by atoms with Gasteiger partial charge in [0.15, 0.2) is 0 Å². The Morgan fingerprint density at radius 1 is 1.44 bits per heavy atom. The lowest BCUT2D eigenvalue weighted by Gasteiger charge is -2.25. The summed E-state index contributed by atoms with van der Waals surface area (Å²) in [6.45, 7) is 6.12. The Morgan fingerprint density at radius 2 is 2.00 bits per heavy atom. The van der Waals surface area contributed by atoms with Gasteiger partial charge in [0.05, 0.1) is 5.60 Å². The maximum Gasteiger partial charge on any atom is 0.220 e. The zero-order valence-electron chi connectivity index (χ0n) is 10.8. The first-order chi connectivity index (χ1) is 7.43. The van der Waals surface area contributed by atoms with Crippen LogP contribution in [0.2, 0.25) is 0 Å². The van der Waals surface area contributed by atoms with Crippen LogP contribution in [0.4, 0.5) is 0 Å². The van der Waals surface area contributed by atoms with Crippen LogP contribution in [0.5, 0.6) is 0 Å². The number of amides is 1. The predicted octanol–water partition coefficient (Wildman–Crippen LogP) is 1.17. The standard InChI is InChI=1S/C12H26N2O2/c1-4-12(16,5-2)9-14-11(15)8-6-7-10(3)13/h10,16H,4-9,13H2,1-3H3,(H,14,15). The summed E-state index contributed by atoms with van der Waals surface area (Å²) in [5.74, 6) is 0.000903. The fourth-order valence-electron chi connectivity index (χ4n) is 1.44. The summed E-state index contributed by atoms with van der Waals surface area (Å²) in [5, 5.41) is 12.7. The average Bonchev–Trinajstić information content (AvgIpc) is 2.25. The molecular weight excluding hydrogens is 204 g/mol. The molecular formula is C12H26N2O2. The first kappa shape index (κ1) is 15.4. The van der Waals surface area contributed by atoms with Gasteiger partial charge in [-0.05, 0) is 32.6 Å². The van der Waals surface area contributed by atoms with E-state index in [2.05, 4.69) is 5.32 Å². The zero-order valence-corrected chi connectivity index (χ0v) is 10.8. The molecule has 4 nitrogen and oxygen atoms in total. The van der Waals surface area contributed by atoms with E-state index in [1.54, 1.807) is 0 Å². The highest BCUT2D eigenvalue weighted by Crippen LogP contribution is 2.12. The molecule has 96 valence electrons. The molecule has 0 bridgehead atoms. The smallest absolute Gasteiger partial charge is 0.220 e. The van der Waals surface area contributed by atoms with Gasteiger partial charge < -0.3 is 16.2 Å². The molecule has 0 heterocycles. The molecule has 0 aliphatic carbocycles. The van der Waals surface area contributed by atoms with Gasteiger partial charge in [0.1, 0.15) is 0 Å². The van der Waals surface area contributed by atoms with Crippen LogP contribution in [0, 0.1) is 0 Å². The second-order valence-corrected chi connectivity index (χ2v) is 4.58. The van der Waals surface area contributed by atoms with Crippen LogP contribution >= 0.6 is 0 Å². The molecule has 1 amide bonds. The topological polar surface area (TPSA) is 75.3 Å². The highest BCUT2D eigenvalue weighted by atomic mass is 16.3. The van der Waals surface area contributed by atoms with Gasteiger partial charge in [0.25, 0.3) is 0 Å². The molecule has 4 heteroatoms. The lowest BCUT2D eigenvalue weighted by molar-refractivity contribution is -0.122. The summed E-state index contributed by atoms with van der Waals surface area (Å²) in [5.41, 5.74) is 4.84. The van der Waals surface area contributed by atoms with Crippen LogP contribution in [0.3, 0.4) is 0 Å². The number of carbonyl (C=O) groups is 1. The van der Waals surface area contributed by atoms with Crippen molar-refractivity contribution in [1.82, 2.24) is 5.32 Å². The predicted molar refractivity (Wildman–Crippen MR) is 66.0 cm³/mol. The maximum atomic E-state index is 11.4. The number of hydrogen-bond donors (Lipinski definition) is 3. The van der Waals surface area contributed by atoms with E-state index in [0.717, 1.165) is 12.8 Å². The Morgan fingerprint density at radius 3 is 2.44 bits per heavy atom. The fraction of sp³-hybridized carbons (Fsp3) is 0.917. The Kier molecular flexibility index (Phi) is 7.34. The second-order valence-electron chi connectivity index (χ2n) is 4.58. The first-order valence-corrected chi connectivity index (χ1v) is 6.18. The van der Waals surface area contributed by atoms with E-state index in [0.29, 0.717) is 25.8 Å². The van der Waals surface area contributed by atoms with Crippen molar-refractivity contribution in [1.29, 1.82) is 0 Å². The first-order valence-electron chi connectivity index (χ1n) is 6.18. The monoisotopic (exact) mass is 230 g/mol. The van der Waals surface area contributed by atoms with E-state index in [4.69, 9.17) is 5.73 Å². The van der Waals surface area contributed by atoms with Crippen molar-refractivity contribution in [3.8, 4) is 0 Å². The zero-order chi connectivity index (χ0) is 12.6. The molecule has 0 fully saturated rings. The van der Waals surface area contributed by atoms with Gasteiger partial charge in [-0.2, -0.15) is 0 Å². The number of hydrogen-bond acceptors (Lipinski definition) is 3. The van der Waals surface area contributed by atoms with Gasteiger partial charge in [0, 0.05) is 19.0 Å². The van der Waals surface area contributed by atoms with Crippen molar-refractivity contribution in [2.75, 3.05) is 6.54 Å². The maximum absolute atomic E-state index is 11.4. The van der Waals surface area contributed by atoms with E-state index in [1.165, 1.54) is 0 Å². The lowest BCUT2D eigenvalue weighted by atomic mass is 9.97. The van der Waals surface area contributed by atoms with Crippen molar-refractivity contribution >= 4 is 5.91 Å². The minimum atomic E-state index is -0.753. The fourth-order valence-corrected chi connectivity index (χ4v) is 1.44. The molecule has 0 aliphatic heterocycles. The van der Waals surface area contributed by atoms with Crippen LogP contribution in [-0.4, -0.2) is 29.2 Å². The number of carbonyl (C=O) groups excluding carboxylic acids is 1. The van der Waals surface area contributed by atoms with Gasteiger partial charge in [-0.15, -0.1) is 0 Å². The number of nitrogens with two attached hydrogens (primary N) is 1. The third-order valence-corrected chi connectivity index (χ3v) is 2.99. The molecule has 0 aliphatic rings. The molecule has 4 N–H and O–H groups in total. The van der Waals surface area contributed by atoms with E-state index in [9.17, 15) is 9.90 Å². The summed E-state index contributed by atoms with van der Waals surface area (Å²) in [6, 6.07) is 0.149. The van der Waals surface area contributed by atoms with Crippen molar-refractivity contribution in [2.24, 2.45) is 5.73 Å². The number of nitrogens with one attached hydrogen (secondary N) is 1. The third-order valence-electron chi connectivity index (χ3n) is 2.99. The van der Waals surface area contributed by atoms with Gasteiger partial charge in [-0.1, -0.05) is 13.8 Å². The molecule has 16 heavy (non-hydrogen) atoms. The third kappa shape index (κ3) is 6.80. The largest absolute Gasteiger partial charge is 0.388 e. The minimum absolute atomic E-state index is 0.000903. The van der Waals surface area contributed by atoms with Crippen LogP contribution < -0.4 is 11.1 Å². The summed E-state index contributed by atoms with van der Waals surface area (Å²) in [7, 11) is 0. The lowest BCUT2D eigenvalue weighted by Crippen LogP contribution is -2.42. The molecule has 0 spiro atoms. The Bertz CT molecular complexity index is 201. The van der Waals surface area contributed by atoms with Gasteiger partial charge in [0.2, 0.25) is 5.91 Å². The van der Waals surface area contributed by atoms with Crippen molar-refractivity contribution in [2.45, 2.75) is 64.5 Å². The Hall–Kier alpha value is -0.610. The Balaban J connectivity index is 3.72. The molecule has 1 atom stereocenters. The van der Waals surface area contributed by atoms with Crippen molar-refractivity contribution < 1.29 is 9.90 Å². The van der Waals surface area contributed by atoms with Gasteiger partial charge in [-0.25, -0.2) is 0 Å². The van der Waals surface area contributed by atoms with Gasteiger partial charge in [-0.3, -0.25) is 4.79 Å². The van der Waals surface area contributed by atoms with Crippen molar-refractivity contribution in [3.05, 3.63) is 0 Å². The highest BCUT2D eigenvalue weighted by molar-refractivity contribution is 5.75. The molecule has 0 rings (SSSR count). The SMILES string of the molecule is CCC(O)(CC)CNC(=O)CCCC(C)N. The van der Waals surface area contributed by atoms with E-state index in [-0.39, 0.29) is 11.9 Å². The normalized spacial score (nSPS) is 13.6. The van der Waals surface area contributed by atoms with E-state index < -0.39 is 5.60 Å². The number of aliphatic hydroxyl groups is 1. The summed E-state index contributed by atoms with van der Waals surface area (Å²) in [4.78, 5) is 11.4. The highest BCUT2D eigenvalue weighted by Gasteiger charge is 2.22. The second kappa shape index (κ2) is 7.63. The number of rotatable bonds is 8. The molecule has 0 aromatic carbocycles. The molecule has 0 radical (unpaired) electrons. The average molecular weight is 230 g/mol. The van der Waals surface area contributed by atoms with Crippen LogP contribution in [0.15, 0.2) is 0 Å². The molecule has 0 saturated carbocycles. The summed E-state index contributed by atoms with van der Waals surface area (Å²) >= 11 is 0. The minimum Gasteiger partial charge on any atom is -0.388 e. The molecule has 0 saturated heterocycles. The van der Waals surface area contributed by atoms with E-state index in [1.807, 2.05) is 20.8 Å². The van der Waals surface area contributed by atoms with Crippen LogP contribution in [0.1, 0.15) is 52.9 Å². The molecule has 1 unspecified atom stereocenters. The summed E-state index contributed by atoms with van der Waals surface area (Å²) in [6.07, 6.45) is 3.47. The Labute approximate surface area is 98.6 Å². The molecule has 0 aromatic heterocycles. The quantitative estimate of drug-likeness (QED) is 0.586. The van der Waals surface area contributed by atoms with Gasteiger partial charge >= 0.3 is 0 Å². The van der Waals surface area contributed by atoms with Crippen LogP contribution in [0.25, 0.3) is 0 Å². The van der Waals surface area contributed by atoms with Crippen molar-refractivity contribution in [3.63, 3.8) is 0 Å². The molecule has 0 aromatic rings.